The Labute approximate surface area is 91.5 Å². The third kappa shape index (κ3) is 2.91. The van der Waals surface area contributed by atoms with E-state index in [0.29, 0.717) is 6.42 Å². The first-order valence-corrected chi connectivity index (χ1v) is 11.1. The highest BCUT2D eigenvalue weighted by molar-refractivity contribution is 6.84. The van der Waals surface area contributed by atoms with E-state index in [1.54, 1.807) is 20.0 Å². The zero-order valence-corrected chi connectivity index (χ0v) is 12.2. The van der Waals surface area contributed by atoms with Gasteiger partial charge in [-0.3, -0.25) is 0 Å². The third-order valence-corrected chi connectivity index (χ3v) is 12.9. The minimum atomic E-state index is -4.34. The second-order valence-electron chi connectivity index (χ2n) is 3.51. The highest BCUT2D eigenvalue weighted by atomic mass is 28.5. The van der Waals surface area contributed by atoms with Crippen molar-refractivity contribution in [3.05, 3.63) is 0 Å². The molecule has 2 atom stereocenters. The fourth-order valence-electron chi connectivity index (χ4n) is 1.61. The molecule has 1 rings (SSSR count). The molecule has 0 saturated carbocycles. The van der Waals surface area contributed by atoms with E-state index in [1.807, 2.05) is 0 Å². The highest BCUT2D eigenvalue weighted by Crippen LogP contribution is 2.37. The Morgan fingerprint density at radius 1 is 1.13 bits per heavy atom. The number of hydrogen-bond acceptors (Lipinski definition) is 3. The summed E-state index contributed by atoms with van der Waals surface area (Å²) in [5.74, 6) is -4.34. The SMILES string of the molecule is CCC[Si]1(C(F)(F)F)O[SiH](C)O[SiH](C)O1. The van der Waals surface area contributed by atoms with E-state index in [1.165, 1.54) is 0 Å². The van der Waals surface area contributed by atoms with Crippen molar-refractivity contribution in [2.24, 2.45) is 0 Å². The first-order chi connectivity index (χ1) is 6.81. The van der Waals surface area contributed by atoms with Crippen LogP contribution in [0, 0.1) is 0 Å². The smallest absolute Gasteiger partial charge is 0.420 e. The van der Waals surface area contributed by atoms with Crippen molar-refractivity contribution in [1.29, 1.82) is 0 Å². The molecule has 0 bridgehead atoms. The summed E-state index contributed by atoms with van der Waals surface area (Å²) in [6, 6.07) is -0.0193. The van der Waals surface area contributed by atoms with Gasteiger partial charge in [-0.2, -0.15) is 13.2 Å². The monoisotopic (exact) mass is 276 g/mol. The van der Waals surface area contributed by atoms with Crippen molar-refractivity contribution in [3.63, 3.8) is 0 Å². The normalized spacial score (nSPS) is 38.0. The lowest BCUT2D eigenvalue weighted by molar-refractivity contribution is -0.0871. The lowest BCUT2D eigenvalue weighted by Crippen LogP contribution is -2.65. The molecule has 0 aromatic rings. The second kappa shape index (κ2) is 4.67. The van der Waals surface area contributed by atoms with E-state index in [-0.39, 0.29) is 6.04 Å². The molecule has 1 aliphatic heterocycles. The molecule has 15 heavy (non-hydrogen) atoms. The first kappa shape index (κ1) is 13.4. The summed E-state index contributed by atoms with van der Waals surface area (Å²) >= 11 is 0. The standard InChI is InChI=1S/C6H15F3O3Si3/c1-4-5-15(6(7,8)9)11-13(2)10-14(3)12-15/h13-14H,4-5H2,1-3H3. The van der Waals surface area contributed by atoms with Crippen molar-refractivity contribution >= 4 is 27.1 Å². The maximum atomic E-state index is 12.9. The fraction of sp³-hybridized carbons (Fsp3) is 1.00. The van der Waals surface area contributed by atoms with E-state index < -0.39 is 32.9 Å². The topological polar surface area (TPSA) is 27.7 Å². The van der Waals surface area contributed by atoms with Crippen LogP contribution in [0.2, 0.25) is 19.1 Å². The van der Waals surface area contributed by atoms with E-state index in [4.69, 9.17) is 12.3 Å². The predicted octanol–water partition coefficient (Wildman–Crippen LogP) is 1.70. The Balaban J connectivity index is 2.89. The van der Waals surface area contributed by atoms with Gasteiger partial charge in [0.05, 0.1) is 0 Å². The zero-order chi connectivity index (χ0) is 11.7. The van der Waals surface area contributed by atoms with Crippen LogP contribution < -0.4 is 0 Å². The lowest BCUT2D eigenvalue weighted by atomic mass is 10.6. The number of rotatable bonds is 2. The van der Waals surface area contributed by atoms with E-state index in [9.17, 15) is 13.2 Å². The Hall–Kier alpha value is 0.321. The van der Waals surface area contributed by atoms with Crippen molar-refractivity contribution in [2.75, 3.05) is 0 Å². The summed E-state index contributed by atoms with van der Waals surface area (Å²) in [5, 5.41) is 0. The van der Waals surface area contributed by atoms with Crippen molar-refractivity contribution in [1.82, 2.24) is 0 Å². The van der Waals surface area contributed by atoms with Crippen LogP contribution in [0.5, 0.6) is 0 Å². The van der Waals surface area contributed by atoms with Crippen molar-refractivity contribution < 1.29 is 25.5 Å². The van der Waals surface area contributed by atoms with Gasteiger partial charge < -0.3 is 12.3 Å². The summed E-state index contributed by atoms with van der Waals surface area (Å²) in [6.45, 7) is 4.98. The van der Waals surface area contributed by atoms with Gasteiger partial charge in [-0.25, -0.2) is 0 Å². The maximum absolute atomic E-state index is 12.9. The van der Waals surface area contributed by atoms with Gasteiger partial charge in [0.15, 0.2) is 0 Å². The van der Waals surface area contributed by atoms with Gasteiger partial charge in [-0.1, -0.05) is 13.3 Å². The molecule has 0 amide bonds. The minimum absolute atomic E-state index is 0.0193. The molecule has 0 aromatic heterocycles. The quantitative estimate of drug-likeness (QED) is 0.719. The average Bonchev–Trinajstić information content (AvgIpc) is 1.99. The fourth-order valence-corrected chi connectivity index (χ4v) is 13.2. The summed E-state index contributed by atoms with van der Waals surface area (Å²) in [7, 11) is -8.27. The molecule has 90 valence electrons. The van der Waals surface area contributed by atoms with E-state index >= 15 is 0 Å². The van der Waals surface area contributed by atoms with Crippen LogP contribution in [-0.4, -0.2) is 32.9 Å². The van der Waals surface area contributed by atoms with Crippen LogP contribution in [0.4, 0.5) is 13.2 Å². The van der Waals surface area contributed by atoms with Gasteiger partial charge >= 0.3 is 32.9 Å². The van der Waals surface area contributed by atoms with Gasteiger partial charge in [0.25, 0.3) is 0 Å². The number of hydrogen-bond donors (Lipinski definition) is 0. The molecule has 0 aliphatic carbocycles. The molecule has 1 fully saturated rings. The van der Waals surface area contributed by atoms with Crippen LogP contribution in [0.1, 0.15) is 13.3 Å². The van der Waals surface area contributed by atoms with Crippen LogP contribution in [0.3, 0.4) is 0 Å². The van der Waals surface area contributed by atoms with E-state index in [0.717, 1.165) is 0 Å². The molecule has 1 aliphatic rings. The number of halogens is 3. The Bertz CT molecular complexity index is 215. The average molecular weight is 276 g/mol. The maximum Gasteiger partial charge on any atom is 0.440 e. The molecule has 0 radical (unpaired) electrons. The Morgan fingerprint density at radius 2 is 1.60 bits per heavy atom. The molecule has 0 N–H and O–H groups in total. The molecular weight excluding hydrogens is 261 g/mol. The minimum Gasteiger partial charge on any atom is -0.420 e. The molecule has 3 nitrogen and oxygen atoms in total. The van der Waals surface area contributed by atoms with Gasteiger partial charge in [0.2, 0.25) is 0 Å². The Kier molecular flexibility index (Phi) is 4.17. The molecule has 9 heteroatoms. The molecule has 0 spiro atoms. The molecule has 1 saturated heterocycles. The van der Waals surface area contributed by atoms with Gasteiger partial charge in [0, 0.05) is 0 Å². The van der Waals surface area contributed by atoms with Gasteiger partial charge in [-0.05, 0) is 19.1 Å². The third-order valence-electron chi connectivity index (χ3n) is 2.11. The molecule has 1 heterocycles. The Morgan fingerprint density at radius 3 is 1.93 bits per heavy atom. The van der Waals surface area contributed by atoms with Crippen molar-refractivity contribution in [2.45, 2.75) is 38.3 Å². The summed E-state index contributed by atoms with van der Waals surface area (Å²) in [6.07, 6.45) is 0.425. The van der Waals surface area contributed by atoms with Crippen LogP contribution in [0.15, 0.2) is 0 Å². The molecule has 2 unspecified atom stereocenters. The van der Waals surface area contributed by atoms with Crippen molar-refractivity contribution in [3.8, 4) is 0 Å². The van der Waals surface area contributed by atoms with Gasteiger partial charge in [-0.15, -0.1) is 0 Å². The van der Waals surface area contributed by atoms with Crippen LogP contribution in [-0.2, 0) is 12.3 Å². The summed E-state index contributed by atoms with van der Waals surface area (Å²) in [4.78, 5) is 0. The molecular formula is C6H15F3O3Si3. The van der Waals surface area contributed by atoms with Gasteiger partial charge in [0.1, 0.15) is 0 Å². The van der Waals surface area contributed by atoms with E-state index in [2.05, 4.69) is 0 Å². The van der Waals surface area contributed by atoms with Crippen LogP contribution >= 0.6 is 0 Å². The molecule has 0 aromatic carbocycles. The predicted molar refractivity (Wildman–Crippen MR) is 56.2 cm³/mol. The highest BCUT2D eigenvalue weighted by Gasteiger charge is 2.64. The van der Waals surface area contributed by atoms with Crippen LogP contribution in [0.25, 0.3) is 0 Å². The first-order valence-electron chi connectivity index (χ1n) is 4.88. The summed E-state index contributed by atoms with van der Waals surface area (Å²) in [5.41, 5.74) is 0. The summed E-state index contributed by atoms with van der Waals surface area (Å²) < 4.78 is 54.2. The second-order valence-corrected chi connectivity index (χ2v) is 11.3. The zero-order valence-electron chi connectivity index (χ0n) is 8.93. The number of alkyl halides is 3. The lowest BCUT2D eigenvalue weighted by Gasteiger charge is -2.41. The largest absolute Gasteiger partial charge is 0.440 e.